The topological polar surface area (TPSA) is 67.9 Å². The molecule has 3 aromatic carbocycles. The number of nitrogens with zero attached hydrogens (tertiary/aromatic N) is 1. The van der Waals surface area contributed by atoms with Gasteiger partial charge in [-0.1, -0.05) is 30.3 Å². The number of carbonyl (C=O) groups excluding carboxylic acids is 2. The number of para-hydroxylation sites is 1. The predicted molar refractivity (Wildman–Crippen MR) is 149 cm³/mol. The van der Waals surface area contributed by atoms with Crippen LogP contribution in [0.15, 0.2) is 72.8 Å². The first kappa shape index (κ1) is 26.0. The maximum Gasteiger partial charge on any atom is 0.262 e. The molecule has 6 heteroatoms. The lowest BCUT2D eigenvalue weighted by Gasteiger charge is -2.28. The molecule has 0 aromatic heterocycles. The van der Waals surface area contributed by atoms with Crippen molar-refractivity contribution < 1.29 is 19.1 Å². The summed E-state index contributed by atoms with van der Waals surface area (Å²) in [4.78, 5) is 27.5. The molecule has 37 heavy (non-hydrogen) atoms. The largest absolute Gasteiger partial charge is 0.490 e. The number of hydrogen-bond donors (Lipinski definition) is 1. The molecule has 0 unspecified atom stereocenters. The molecule has 1 aliphatic heterocycles. The van der Waals surface area contributed by atoms with Gasteiger partial charge in [0, 0.05) is 30.0 Å². The highest BCUT2D eigenvalue weighted by Gasteiger charge is 2.12. The van der Waals surface area contributed by atoms with Gasteiger partial charge in [-0.3, -0.25) is 9.59 Å². The zero-order valence-electron chi connectivity index (χ0n) is 21.5. The SMILES string of the molecule is CCOc1cc(/C=C/C(=O)c2ccc(N3CCCCC3)cc2)ccc1OCC(=O)Nc1ccccc1C. The third kappa shape index (κ3) is 7.23. The zero-order chi connectivity index (χ0) is 26.0. The van der Waals surface area contributed by atoms with E-state index < -0.39 is 0 Å². The summed E-state index contributed by atoms with van der Waals surface area (Å²) in [5.74, 6) is 0.680. The fourth-order valence-corrected chi connectivity index (χ4v) is 4.32. The summed E-state index contributed by atoms with van der Waals surface area (Å²) >= 11 is 0. The number of allylic oxidation sites excluding steroid dienone is 1. The zero-order valence-corrected chi connectivity index (χ0v) is 21.5. The average molecular weight is 499 g/mol. The van der Waals surface area contributed by atoms with Crippen LogP contribution in [-0.2, 0) is 4.79 Å². The van der Waals surface area contributed by atoms with Gasteiger partial charge in [-0.25, -0.2) is 0 Å². The van der Waals surface area contributed by atoms with Crippen LogP contribution < -0.4 is 19.7 Å². The lowest BCUT2D eigenvalue weighted by Crippen LogP contribution is -2.29. The van der Waals surface area contributed by atoms with Crippen molar-refractivity contribution in [2.75, 3.05) is 36.5 Å². The molecule has 0 atom stereocenters. The first-order chi connectivity index (χ1) is 18.0. The maximum atomic E-state index is 12.7. The molecule has 1 heterocycles. The average Bonchev–Trinajstić information content (AvgIpc) is 2.93. The smallest absolute Gasteiger partial charge is 0.262 e. The van der Waals surface area contributed by atoms with Crippen molar-refractivity contribution >= 4 is 29.1 Å². The molecule has 6 nitrogen and oxygen atoms in total. The second-order valence-electron chi connectivity index (χ2n) is 9.08. The minimum absolute atomic E-state index is 0.0589. The molecular weight excluding hydrogens is 464 g/mol. The van der Waals surface area contributed by atoms with Gasteiger partial charge < -0.3 is 19.7 Å². The second-order valence-corrected chi connectivity index (χ2v) is 9.08. The third-order valence-electron chi connectivity index (χ3n) is 6.35. The van der Waals surface area contributed by atoms with Crippen molar-refractivity contribution in [1.82, 2.24) is 0 Å². The Balaban J connectivity index is 1.37. The first-order valence-electron chi connectivity index (χ1n) is 12.9. The summed E-state index contributed by atoms with van der Waals surface area (Å²) < 4.78 is 11.5. The highest BCUT2D eigenvalue weighted by molar-refractivity contribution is 6.07. The minimum atomic E-state index is -0.252. The molecule has 1 saturated heterocycles. The van der Waals surface area contributed by atoms with Gasteiger partial charge >= 0.3 is 0 Å². The van der Waals surface area contributed by atoms with E-state index in [1.54, 1.807) is 24.3 Å². The molecule has 0 radical (unpaired) electrons. The molecule has 1 aliphatic rings. The van der Waals surface area contributed by atoms with E-state index >= 15 is 0 Å². The van der Waals surface area contributed by atoms with E-state index in [0.29, 0.717) is 23.7 Å². The van der Waals surface area contributed by atoms with Crippen LogP contribution in [-0.4, -0.2) is 38.0 Å². The molecule has 0 aliphatic carbocycles. The number of rotatable bonds is 10. The van der Waals surface area contributed by atoms with E-state index in [4.69, 9.17) is 9.47 Å². The number of piperidine rings is 1. The van der Waals surface area contributed by atoms with Crippen molar-refractivity contribution in [1.29, 1.82) is 0 Å². The van der Waals surface area contributed by atoms with Gasteiger partial charge in [0.25, 0.3) is 5.91 Å². The maximum absolute atomic E-state index is 12.7. The van der Waals surface area contributed by atoms with E-state index in [2.05, 4.69) is 10.2 Å². The Morgan fingerprint density at radius 1 is 0.919 bits per heavy atom. The van der Waals surface area contributed by atoms with Gasteiger partial charge in [0.05, 0.1) is 6.61 Å². The lowest BCUT2D eigenvalue weighted by molar-refractivity contribution is -0.118. The van der Waals surface area contributed by atoms with Crippen LogP contribution >= 0.6 is 0 Å². The van der Waals surface area contributed by atoms with E-state index in [1.165, 1.54) is 24.9 Å². The molecule has 192 valence electrons. The molecule has 1 fully saturated rings. The first-order valence-corrected chi connectivity index (χ1v) is 12.9. The van der Waals surface area contributed by atoms with Gasteiger partial charge in [-0.05, 0) is 92.8 Å². The van der Waals surface area contributed by atoms with Crippen LogP contribution in [0.5, 0.6) is 11.5 Å². The molecule has 0 bridgehead atoms. The monoisotopic (exact) mass is 498 g/mol. The second kappa shape index (κ2) is 12.8. The van der Waals surface area contributed by atoms with E-state index in [0.717, 1.165) is 29.9 Å². The fraction of sp³-hybridized carbons (Fsp3) is 0.290. The molecule has 0 spiro atoms. The molecule has 4 rings (SSSR count). The van der Waals surface area contributed by atoms with Crippen LogP contribution in [0.25, 0.3) is 6.08 Å². The Kier molecular flexibility index (Phi) is 8.98. The van der Waals surface area contributed by atoms with Gasteiger partial charge in [0.2, 0.25) is 0 Å². The Morgan fingerprint density at radius 2 is 1.68 bits per heavy atom. The van der Waals surface area contributed by atoms with Crippen LogP contribution in [0.3, 0.4) is 0 Å². The number of aryl methyl sites for hydroxylation is 1. The van der Waals surface area contributed by atoms with Gasteiger partial charge in [-0.2, -0.15) is 0 Å². The van der Waals surface area contributed by atoms with Crippen molar-refractivity contribution in [3.63, 3.8) is 0 Å². The molecule has 3 aromatic rings. The predicted octanol–water partition coefficient (Wildman–Crippen LogP) is 6.30. The standard InChI is InChI=1S/C31H34N2O4/c1-3-36-30-21-24(12-18-29(30)37-22-31(35)32-27-10-6-5-9-23(27)2)11-17-28(34)25-13-15-26(16-14-25)33-19-7-4-8-20-33/h5-6,9-18,21H,3-4,7-8,19-20,22H2,1-2H3,(H,32,35)/b17-11+. The normalized spacial score (nSPS) is 13.4. The van der Waals surface area contributed by atoms with Crippen molar-refractivity contribution in [2.45, 2.75) is 33.1 Å². The Labute approximate surface area is 218 Å². The Morgan fingerprint density at radius 3 is 2.41 bits per heavy atom. The van der Waals surface area contributed by atoms with Crippen molar-refractivity contribution in [3.8, 4) is 11.5 Å². The fourth-order valence-electron chi connectivity index (χ4n) is 4.32. The van der Waals surface area contributed by atoms with Gasteiger partial charge in [0.15, 0.2) is 23.9 Å². The summed E-state index contributed by atoms with van der Waals surface area (Å²) in [5.41, 5.74) is 4.37. The van der Waals surface area contributed by atoms with Crippen LogP contribution in [0.1, 0.15) is 47.7 Å². The molecule has 0 saturated carbocycles. The van der Waals surface area contributed by atoms with Gasteiger partial charge in [0.1, 0.15) is 0 Å². The van der Waals surface area contributed by atoms with Crippen molar-refractivity contribution in [2.24, 2.45) is 0 Å². The number of benzene rings is 3. The van der Waals surface area contributed by atoms with E-state index in [9.17, 15) is 9.59 Å². The van der Waals surface area contributed by atoms with Crippen LogP contribution in [0.4, 0.5) is 11.4 Å². The number of carbonyl (C=O) groups is 2. The molecule has 1 N–H and O–H groups in total. The lowest BCUT2D eigenvalue weighted by atomic mass is 10.1. The summed E-state index contributed by atoms with van der Waals surface area (Å²) in [5, 5.41) is 2.86. The number of amides is 1. The van der Waals surface area contributed by atoms with E-state index in [1.807, 2.05) is 68.4 Å². The van der Waals surface area contributed by atoms with Crippen molar-refractivity contribution in [3.05, 3.63) is 89.5 Å². The number of anilines is 2. The third-order valence-corrected chi connectivity index (χ3v) is 6.35. The summed E-state index contributed by atoms with van der Waals surface area (Å²) in [6.07, 6.45) is 7.06. The number of hydrogen-bond acceptors (Lipinski definition) is 5. The van der Waals surface area contributed by atoms with Crippen LogP contribution in [0.2, 0.25) is 0 Å². The molecule has 1 amide bonds. The Hall–Kier alpha value is -4.06. The number of nitrogens with one attached hydrogen (secondary N) is 1. The minimum Gasteiger partial charge on any atom is -0.490 e. The van der Waals surface area contributed by atoms with Gasteiger partial charge in [-0.15, -0.1) is 0 Å². The highest BCUT2D eigenvalue weighted by Crippen LogP contribution is 2.29. The summed E-state index contributed by atoms with van der Waals surface area (Å²) in [6.45, 7) is 6.27. The highest BCUT2D eigenvalue weighted by atomic mass is 16.5. The quantitative estimate of drug-likeness (QED) is 0.263. The summed E-state index contributed by atoms with van der Waals surface area (Å²) in [7, 11) is 0. The number of ether oxygens (including phenoxy) is 2. The number of ketones is 1. The summed E-state index contributed by atoms with van der Waals surface area (Å²) in [6, 6.07) is 20.8. The van der Waals surface area contributed by atoms with E-state index in [-0.39, 0.29) is 18.3 Å². The Bertz CT molecular complexity index is 1240. The molecular formula is C31H34N2O4. The van der Waals surface area contributed by atoms with Crippen LogP contribution in [0, 0.1) is 6.92 Å².